The molecule has 0 radical (unpaired) electrons. The Morgan fingerprint density at radius 2 is 1.70 bits per heavy atom. The number of carbonyl (C=O) groups is 2. The van der Waals surface area contributed by atoms with E-state index in [-0.39, 0.29) is 17.4 Å². The number of halogens is 1. The number of carboxylic acids is 1. The lowest BCUT2D eigenvalue weighted by molar-refractivity contribution is -0.000898. The Morgan fingerprint density at radius 3 is 2.38 bits per heavy atom. The number of amides is 1. The van der Waals surface area contributed by atoms with Crippen LogP contribution in [0.15, 0.2) is 72.9 Å². The van der Waals surface area contributed by atoms with Gasteiger partial charge in [-0.25, -0.2) is 14.0 Å². The molecule has 0 aliphatic carbocycles. The molecule has 3 aromatic carbocycles. The second-order valence-electron chi connectivity index (χ2n) is 11.1. The van der Waals surface area contributed by atoms with Crippen molar-refractivity contribution < 1.29 is 23.8 Å². The molecule has 0 unspecified atom stereocenters. The number of piperidine rings is 1. The molecule has 7 nitrogen and oxygen atoms in total. The number of hydrogen-bond donors (Lipinski definition) is 1. The first-order chi connectivity index (χ1) is 19.2. The number of carboxylic acid groups (broad SMARTS) is 1. The van der Waals surface area contributed by atoms with Gasteiger partial charge < -0.3 is 14.4 Å². The summed E-state index contributed by atoms with van der Waals surface area (Å²) in [5.41, 5.74) is 3.99. The van der Waals surface area contributed by atoms with Crippen LogP contribution in [0.25, 0.3) is 22.0 Å². The normalized spacial score (nSPS) is 17.2. The Hall–Kier alpha value is -4.17. The maximum Gasteiger partial charge on any atom is 0.415 e. The molecule has 0 saturated carbocycles. The van der Waals surface area contributed by atoms with Crippen molar-refractivity contribution in [1.29, 1.82) is 0 Å². The number of nitrogens with zero attached hydrogens (tertiary/aromatic N) is 3. The average molecular weight is 542 g/mol. The van der Waals surface area contributed by atoms with Gasteiger partial charge in [0.05, 0.1) is 12.1 Å². The van der Waals surface area contributed by atoms with Crippen LogP contribution in [0.2, 0.25) is 0 Å². The highest BCUT2D eigenvalue weighted by Gasteiger charge is 2.47. The van der Waals surface area contributed by atoms with Crippen LogP contribution >= 0.6 is 0 Å². The second kappa shape index (κ2) is 10.1. The zero-order chi connectivity index (χ0) is 28.0. The number of benzene rings is 3. The molecule has 0 atom stereocenters. The van der Waals surface area contributed by atoms with E-state index in [9.17, 15) is 14.0 Å². The molecule has 2 fully saturated rings. The standard InChI is InChI=1S/C32H32FN3O4/c1-21(2)35-19-23(29-26(7-5-9-28(29)35)25-6-3-4-8-27(25)33)18-34-16-14-32(15-17-34)20-36(31(39)40-32)24-12-10-22(11-13-24)30(37)38/h3-13,19,21H,14-18,20H2,1-2H3,(H,37,38). The van der Waals surface area contributed by atoms with Crippen molar-refractivity contribution in [2.45, 2.75) is 44.9 Å². The molecule has 1 spiro atoms. The van der Waals surface area contributed by atoms with Crippen molar-refractivity contribution >= 4 is 28.7 Å². The van der Waals surface area contributed by atoms with E-state index < -0.39 is 17.7 Å². The highest BCUT2D eigenvalue weighted by Crippen LogP contribution is 2.39. The van der Waals surface area contributed by atoms with Crippen molar-refractivity contribution in [3.63, 3.8) is 0 Å². The third-order valence-corrected chi connectivity index (χ3v) is 8.21. The largest absolute Gasteiger partial charge is 0.478 e. The van der Waals surface area contributed by atoms with Gasteiger partial charge in [-0.15, -0.1) is 0 Å². The SMILES string of the molecule is CC(C)n1cc(CN2CCC3(CC2)CN(c2ccc(C(=O)O)cc2)C(=O)O3)c2c(-c3ccccc3F)cccc21. The summed E-state index contributed by atoms with van der Waals surface area (Å²) in [5.74, 6) is -1.24. The minimum absolute atomic E-state index is 0.177. The predicted molar refractivity (Wildman–Crippen MR) is 152 cm³/mol. The number of anilines is 1. The van der Waals surface area contributed by atoms with Crippen LogP contribution in [0, 0.1) is 5.82 Å². The molecule has 2 saturated heterocycles. The highest BCUT2D eigenvalue weighted by molar-refractivity contribution is 5.98. The zero-order valence-corrected chi connectivity index (χ0v) is 22.6. The molecule has 206 valence electrons. The topological polar surface area (TPSA) is 75.0 Å². The first-order valence-corrected chi connectivity index (χ1v) is 13.7. The van der Waals surface area contributed by atoms with Crippen LogP contribution in [0.5, 0.6) is 0 Å². The lowest BCUT2D eigenvalue weighted by atomic mass is 9.90. The van der Waals surface area contributed by atoms with Gasteiger partial charge in [0.2, 0.25) is 0 Å². The van der Waals surface area contributed by atoms with Crippen LogP contribution in [0.3, 0.4) is 0 Å². The van der Waals surface area contributed by atoms with Crippen LogP contribution in [0.1, 0.15) is 48.7 Å². The van der Waals surface area contributed by atoms with Crippen molar-refractivity contribution in [1.82, 2.24) is 9.47 Å². The molecule has 6 rings (SSSR count). The van der Waals surface area contributed by atoms with E-state index >= 15 is 0 Å². The van der Waals surface area contributed by atoms with E-state index in [0.29, 0.717) is 37.2 Å². The number of carbonyl (C=O) groups excluding carboxylic acids is 1. The predicted octanol–water partition coefficient (Wildman–Crippen LogP) is 6.72. The summed E-state index contributed by atoms with van der Waals surface area (Å²) in [4.78, 5) is 28.0. The summed E-state index contributed by atoms with van der Waals surface area (Å²) in [5, 5.41) is 10.2. The molecule has 40 heavy (non-hydrogen) atoms. The molecule has 8 heteroatoms. The summed E-state index contributed by atoms with van der Waals surface area (Å²) in [6, 6.07) is 19.6. The molecule has 0 bridgehead atoms. The Morgan fingerprint density at radius 1 is 1.00 bits per heavy atom. The summed E-state index contributed by atoms with van der Waals surface area (Å²) in [7, 11) is 0. The van der Waals surface area contributed by atoms with Gasteiger partial charge in [-0.3, -0.25) is 9.80 Å². The fraction of sp³-hybridized carbons (Fsp3) is 0.312. The fourth-order valence-electron chi connectivity index (χ4n) is 6.07. The minimum atomic E-state index is -1.00. The van der Waals surface area contributed by atoms with Crippen LogP contribution in [0.4, 0.5) is 14.9 Å². The lowest BCUT2D eigenvalue weighted by Crippen LogP contribution is -2.46. The molecular weight excluding hydrogens is 509 g/mol. The van der Waals surface area contributed by atoms with E-state index in [2.05, 4.69) is 35.6 Å². The van der Waals surface area contributed by atoms with Gasteiger partial charge in [0.15, 0.2) is 0 Å². The number of hydrogen-bond acceptors (Lipinski definition) is 4. The Balaban J connectivity index is 1.22. The van der Waals surface area contributed by atoms with Crippen LogP contribution in [-0.4, -0.2) is 51.9 Å². The summed E-state index contributed by atoms with van der Waals surface area (Å²) in [6.07, 6.45) is 3.20. The van der Waals surface area contributed by atoms with Gasteiger partial charge in [-0.05, 0) is 61.4 Å². The molecule has 2 aliphatic heterocycles. The summed E-state index contributed by atoms with van der Waals surface area (Å²) < 4.78 is 23.1. The van der Waals surface area contributed by atoms with Crippen LogP contribution < -0.4 is 4.90 Å². The molecule has 4 aromatic rings. The van der Waals surface area contributed by atoms with Gasteiger partial charge in [0.1, 0.15) is 11.4 Å². The third kappa shape index (κ3) is 4.62. The fourth-order valence-corrected chi connectivity index (χ4v) is 6.07. The Bertz CT molecular complexity index is 1590. The number of ether oxygens (including phenoxy) is 1. The molecular formula is C32H32FN3O4. The van der Waals surface area contributed by atoms with Gasteiger partial charge in [0.25, 0.3) is 0 Å². The van der Waals surface area contributed by atoms with Crippen molar-refractivity contribution in [3.8, 4) is 11.1 Å². The number of likely N-dealkylation sites (tertiary alicyclic amines) is 1. The van der Waals surface area contributed by atoms with E-state index in [1.165, 1.54) is 18.2 Å². The third-order valence-electron chi connectivity index (χ3n) is 8.21. The number of aromatic nitrogens is 1. The number of fused-ring (bicyclic) bond motifs is 1. The van der Waals surface area contributed by atoms with Crippen LogP contribution in [-0.2, 0) is 11.3 Å². The van der Waals surface area contributed by atoms with Gasteiger partial charge >= 0.3 is 12.1 Å². The first kappa shape index (κ1) is 26.1. The summed E-state index contributed by atoms with van der Waals surface area (Å²) in [6.45, 7) is 6.98. The molecule has 2 aliphatic rings. The minimum Gasteiger partial charge on any atom is -0.478 e. The maximum atomic E-state index is 14.9. The first-order valence-electron chi connectivity index (χ1n) is 13.7. The number of rotatable bonds is 6. The Kier molecular flexibility index (Phi) is 6.58. The van der Waals surface area contributed by atoms with Crippen molar-refractivity contribution in [2.75, 3.05) is 24.5 Å². The summed E-state index contributed by atoms with van der Waals surface area (Å²) >= 11 is 0. The van der Waals surface area contributed by atoms with E-state index in [0.717, 1.165) is 35.1 Å². The zero-order valence-electron chi connectivity index (χ0n) is 22.6. The number of aromatic carboxylic acids is 1. The quantitative estimate of drug-likeness (QED) is 0.293. The van der Waals surface area contributed by atoms with Gasteiger partial charge in [0, 0.05) is 66.9 Å². The molecule has 3 heterocycles. The molecule has 1 N–H and O–H groups in total. The molecule has 1 aromatic heterocycles. The highest BCUT2D eigenvalue weighted by atomic mass is 19.1. The molecule has 1 amide bonds. The van der Waals surface area contributed by atoms with Gasteiger partial charge in [-0.1, -0.05) is 30.3 Å². The monoisotopic (exact) mass is 541 g/mol. The average Bonchev–Trinajstić information content (AvgIpc) is 3.48. The maximum absolute atomic E-state index is 14.9. The van der Waals surface area contributed by atoms with Gasteiger partial charge in [-0.2, -0.15) is 0 Å². The van der Waals surface area contributed by atoms with Crippen molar-refractivity contribution in [2.24, 2.45) is 0 Å². The second-order valence-corrected chi connectivity index (χ2v) is 11.1. The van der Waals surface area contributed by atoms with Crippen molar-refractivity contribution in [3.05, 3.63) is 89.9 Å². The lowest BCUT2D eigenvalue weighted by Gasteiger charge is -2.37. The van der Waals surface area contributed by atoms with E-state index in [4.69, 9.17) is 9.84 Å². The Labute approximate surface area is 232 Å². The smallest absolute Gasteiger partial charge is 0.415 e. The van der Waals surface area contributed by atoms with E-state index in [1.54, 1.807) is 23.1 Å². The van der Waals surface area contributed by atoms with E-state index in [1.807, 2.05) is 24.3 Å².